The monoisotopic (exact) mass is 178 g/mol. The first-order valence-electron chi connectivity index (χ1n) is 4.20. The maximum atomic E-state index is 9.33. The molecule has 0 amide bonds. The van der Waals surface area contributed by atoms with Gasteiger partial charge in [-0.2, -0.15) is 0 Å². The van der Waals surface area contributed by atoms with Crippen LogP contribution in [0.5, 0.6) is 0 Å². The van der Waals surface area contributed by atoms with Crippen molar-refractivity contribution in [1.82, 2.24) is 0 Å². The summed E-state index contributed by atoms with van der Waals surface area (Å²) in [6.45, 7) is 3.45. The van der Waals surface area contributed by atoms with Crippen molar-refractivity contribution < 1.29 is 9.52 Å². The van der Waals surface area contributed by atoms with E-state index in [-0.39, 0.29) is 0 Å². The van der Waals surface area contributed by atoms with Crippen LogP contribution in [0, 0.1) is 0 Å². The van der Waals surface area contributed by atoms with Gasteiger partial charge in [0.05, 0.1) is 11.9 Å². The summed E-state index contributed by atoms with van der Waals surface area (Å²) in [6, 6.07) is 3.70. The Kier molecular flexibility index (Phi) is 3.09. The molecule has 1 N–H and O–H groups in total. The Bertz CT molecular complexity index is 286. The summed E-state index contributed by atoms with van der Waals surface area (Å²) in [5.74, 6) is 0.806. The summed E-state index contributed by atoms with van der Waals surface area (Å²) in [4.78, 5) is 0. The zero-order chi connectivity index (χ0) is 9.73. The standard InChI is InChI=1S/C11H14O2/c1-11(2,12)8-4-3-6-10-7-5-9-13-10/h3-9,12H,1-2H3. The van der Waals surface area contributed by atoms with Crippen LogP contribution in [0.15, 0.2) is 41.0 Å². The second kappa shape index (κ2) is 4.10. The molecular formula is C11H14O2. The predicted octanol–water partition coefficient (Wildman–Crippen LogP) is 2.62. The number of furan rings is 1. The van der Waals surface area contributed by atoms with Crippen molar-refractivity contribution in [3.63, 3.8) is 0 Å². The average molecular weight is 178 g/mol. The minimum Gasteiger partial charge on any atom is -0.465 e. The second-order valence-electron chi connectivity index (χ2n) is 3.39. The maximum absolute atomic E-state index is 9.33. The highest BCUT2D eigenvalue weighted by Crippen LogP contribution is 2.05. The van der Waals surface area contributed by atoms with Crippen LogP contribution >= 0.6 is 0 Å². The van der Waals surface area contributed by atoms with Gasteiger partial charge in [-0.25, -0.2) is 0 Å². The lowest BCUT2D eigenvalue weighted by atomic mass is 10.1. The van der Waals surface area contributed by atoms with E-state index in [0.29, 0.717) is 0 Å². The first-order chi connectivity index (χ1) is 6.08. The van der Waals surface area contributed by atoms with Gasteiger partial charge in [-0.15, -0.1) is 0 Å². The number of rotatable bonds is 3. The van der Waals surface area contributed by atoms with Crippen molar-refractivity contribution in [3.05, 3.63) is 42.4 Å². The lowest BCUT2D eigenvalue weighted by molar-refractivity contribution is 0.133. The molecule has 13 heavy (non-hydrogen) atoms. The second-order valence-corrected chi connectivity index (χ2v) is 3.39. The van der Waals surface area contributed by atoms with Gasteiger partial charge < -0.3 is 9.52 Å². The van der Waals surface area contributed by atoms with E-state index in [4.69, 9.17) is 4.42 Å². The molecule has 1 aromatic rings. The molecule has 2 nitrogen and oxygen atoms in total. The normalized spacial score (nSPS) is 13.2. The van der Waals surface area contributed by atoms with Gasteiger partial charge in [0.25, 0.3) is 0 Å². The topological polar surface area (TPSA) is 33.4 Å². The SMILES string of the molecule is CC(C)(O)C=CC=Cc1ccco1. The average Bonchev–Trinajstić information content (AvgIpc) is 2.48. The molecule has 0 spiro atoms. The van der Waals surface area contributed by atoms with Gasteiger partial charge in [-0.05, 0) is 32.1 Å². The van der Waals surface area contributed by atoms with Crippen molar-refractivity contribution in [2.75, 3.05) is 0 Å². The molecule has 70 valence electrons. The van der Waals surface area contributed by atoms with Crippen molar-refractivity contribution in [2.24, 2.45) is 0 Å². The molecule has 0 saturated carbocycles. The third kappa shape index (κ3) is 4.33. The zero-order valence-electron chi connectivity index (χ0n) is 7.90. The van der Waals surface area contributed by atoms with Crippen molar-refractivity contribution in [1.29, 1.82) is 0 Å². The Hall–Kier alpha value is -1.28. The maximum Gasteiger partial charge on any atom is 0.126 e. The zero-order valence-corrected chi connectivity index (χ0v) is 7.90. The van der Waals surface area contributed by atoms with Gasteiger partial charge >= 0.3 is 0 Å². The van der Waals surface area contributed by atoms with Crippen LogP contribution in [-0.4, -0.2) is 10.7 Å². The van der Waals surface area contributed by atoms with Crippen LogP contribution in [0.4, 0.5) is 0 Å². The Balaban J connectivity index is 2.47. The summed E-state index contributed by atoms with van der Waals surface area (Å²) in [5, 5.41) is 9.33. The smallest absolute Gasteiger partial charge is 0.126 e. The highest BCUT2D eigenvalue weighted by atomic mass is 16.3. The molecule has 1 rings (SSSR count). The molecule has 0 unspecified atom stereocenters. The molecule has 0 aromatic carbocycles. The fourth-order valence-electron chi connectivity index (χ4n) is 0.828. The molecule has 0 bridgehead atoms. The van der Waals surface area contributed by atoms with E-state index in [9.17, 15) is 5.11 Å². The minimum atomic E-state index is -0.756. The largest absolute Gasteiger partial charge is 0.465 e. The van der Waals surface area contributed by atoms with E-state index in [1.54, 1.807) is 32.3 Å². The van der Waals surface area contributed by atoms with Crippen LogP contribution < -0.4 is 0 Å². The molecule has 1 heterocycles. The van der Waals surface area contributed by atoms with E-state index in [1.807, 2.05) is 24.3 Å². The Morgan fingerprint density at radius 2 is 2.15 bits per heavy atom. The van der Waals surface area contributed by atoms with E-state index in [0.717, 1.165) is 5.76 Å². The molecule has 0 aliphatic rings. The van der Waals surface area contributed by atoms with Crippen LogP contribution in [0.2, 0.25) is 0 Å². The Morgan fingerprint density at radius 1 is 1.38 bits per heavy atom. The Morgan fingerprint density at radius 3 is 2.69 bits per heavy atom. The summed E-state index contributed by atoms with van der Waals surface area (Å²) in [6.07, 6.45) is 8.80. The molecule has 0 atom stereocenters. The molecule has 2 heteroatoms. The lowest BCUT2D eigenvalue weighted by Crippen LogP contribution is -2.13. The van der Waals surface area contributed by atoms with Crippen LogP contribution in [-0.2, 0) is 0 Å². The van der Waals surface area contributed by atoms with Crippen LogP contribution in [0.1, 0.15) is 19.6 Å². The molecule has 0 aliphatic heterocycles. The van der Waals surface area contributed by atoms with Crippen LogP contribution in [0.25, 0.3) is 6.08 Å². The van der Waals surface area contributed by atoms with E-state index >= 15 is 0 Å². The third-order valence-electron chi connectivity index (χ3n) is 1.42. The molecule has 1 aromatic heterocycles. The highest BCUT2D eigenvalue weighted by molar-refractivity contribution is 5.44. The third-order valence-corrected chi connectivity index (χ3v) is 1.42. The summed E-state index contributed by atoms with van der Waals surface area (Å²) < 4.78 is 5.08. The van der Waals surface area contributed by atoms with Crippen molar-refractivity contribution in [2.45, 2.75) is 19.4 Å². The molecule has 0 radical (unpaired) electrons. The summed E-state index contributed by atoms with van der Waals surface area (Å²) in [5.41, 5.74) is -0.756. The van der Waals surface area contributed by atoms with Gasteiger partial charge in [0.1, 0.15) is 5.76 Å². The molecular weight excluding hydrogens is 164 g/mol. The van der Waals surface area contributed by atoms with Gasteiger partial charge in [-0.3, -0.25) is 0 Å². The quantitative estimate of drug-likeness (QED) is 0.722. The molecule has 0 saturated heterocycles. The minimum absolute atomic E-state index is 0.756. The van der Waals surface area contributed by atoms with Gasteiger partial charge in [0, 0.05) is 0 Å². The molecule has 0 aliphatic carbocycles. The fourth-order valence-corrected chi connectivity index (χ4v) is 0.828. The van der Waals surface area contributed by atoms with Crippen molar-refractivity contribution in [3.8, 4) is 0 Å². The Labute approximate surface area is 78.2 Å². The van der Waals surface area contributed by atoms with E-state index in [2.05, 4.69) is 0 Å². The number of allylic oxidation sites excluding steroid dienone is 2. The predicted molar refractivity (Wildman–Crippen MR) is 53.2 cm³/mol. The highest BCUT2D eigenvalue weighted by Gasteiger charge is 2.04. The first-order valence-corrected chi connectivity index (χ1v) is 4.20. The summed E-state index contributed by atoms with van der Waals surface area (Å²) in [7, 11) is 0. The fraction of sp³-hybridized carbons (Fsp3) is 0.273. The van der Waals surface area contributed by atoms with Gasteiger partial charge in [0.2, 0.25) is 0 Å². The summed E-state index contributed by atoms with van der Waals surface area (Å²) >= 11 is 0. The van der Waals surface area contributed by atoms with E-state index in [1.165, 1.54) is 0 Å². The molecule has 0 fully saturated rings. The van der Waals surface area contributed by atoms with Gasteiger partial charge in [0.15, 0.2) is 0 Å². The number of aliphatic hydroxyl groups is 1. The van der Waals surface area contributed by atoms with Gasteiger partial charge in [-0.1, -0.05) is 18.2 Å². The first kappa shape index (κ1) is 9.81. The lowest BCUT2D eigenvalue weighted by Gasteiger charge is -2.08. The van der Waals surface area contributed by atoms with Crippen LogP contribution in [0.3, 0.4) is 0 Å². The number of hydrogen-bond acceptors (Lipinski definition) is 2. The number of hydrogen-bond donors (Lipinski definition) is 1. The van der Waals surface area contributed by atoms with E-state index < -0.39 is 5.60 Å². The van der Waals surface area contributed by atoms with Crippen molar-refractivity contribution >= 4 is 6.08 Å².